The molecule has 2 aromatic heterocycles. The van der Waals surface area contributed by atoms with Crippen LogP contribution in [0.4, 0.5) is 11.4 Å². The van der Waals surface area contributed by atoms with Crippen molar-refractivity contribution in [3.63, 3.8) is 0 Å². The van der Waals surface area contributed by atoms with Crippen LogP contribution in [0.3, 0.4) is 0 Å². The Kier molecular flexibility index (Phi) is 7.07. The number of nitrogens with zero attached hydrogens (tertiary/aromatic N) is 5. The molecule has 2 fully saturated rings. The number of benzene rings is 2. The van der Waals surface area contributed by atoms with Crippen molar-refractivity contribution in [2.75, 3.05) is 59.4 Å². The summed E-state index contributed by atoms with van der Waals surface area (Å²) in [5, 5.41) is 11.5. The summed E-state index contributed by atoms with van der Waals surface area (Å²) in [6.07, 6.45) is 7.97. The quantitative estimate of drug-likeness (QED) is 0.335. The third-order valence-corrected chi connectivity index (χ3v) is 7.85. The van der Waals surface area contributed by atoms with E-state index in [0.717, 1.165) is 90.7 Å². The lowest BCUT2D eigenvalue weighted by atomic mass is 9.94. The summed E-state index contributed by atoms with van der Waals surface area (Å²) >= 11 is 0. The Labute approximate surface area is 228 Å². The smallest absolute Gasteiger partial charge is 0.124 e. The average Bonchev–Trinajstić information content (AvgIpc) is 3.45. The molecule has 2 N–H and O–H groups in total. The van der Waals surface area contributed by atoms with Crippen LogP contribution in [0, 0.1) is 0 Å². The van der Waals surface area contributed by atoms with Gasteiger partial charge in [0.25, 0.3) is 0 Å². The van der Waals surface area contributed by atoms with Crippen molar-refractivity contribution in [3.05, 3.63) is 55.0 Å². The van der Waals surface area contributed by atoms with Crippen molar-refractivity contribution < 1.29 is 14.2 Å². The van der Waals surface area contributed by atoms with Crippen LogP contribution >= 0.6 is 0 Å². The fourth-order valence-corrected chi connectivity index (χ4v) is 5.42. The Morgan fingerprint density at radius 2 is 1.72 bits per heavy atom. The lowest BCUT2D eigenvalue weighted by molar-refractivity contribution is -0.0762. The number of nitrogens with one attached hydrogen (secondary N) is 2. The van der Waals surface area contributed by atoms with E-state index in [4.69, 9.17) is 24.3 Å². The number of piperidine rings is 1. The minimum Gasteiger partial charge on any atom is -0.497 e. The highest BCUT2D eigenvalue weighted by molar-refractivity contribution is 5.82. The minimum atomic E-state index is -0.0172. The SMILES string of the molecule is COc1cc(Nc2ccc3ncc(-c4cnn(C5CCN(CC6(OC)CNC6)CC5)c4)nc3c2)cc(OC)c1. The predicted molar refractivity (Wildman–Crippen MR) is 151 cm³/mol. The van der Waals surface area contributed by atoms with Crippen molar-refractivity contribution >= 4 is 22.4 Å². The van der Waals surface area contributed by atoms with E-state index in [1.165, 1.54) is 0 Å². The van der Waals surface area contributed by atoms with Crippen molar-refractivity contribution in [1.82, 2.24) is 30.0 Å². The third-order valence-electron chi connectivity index (χ3n) is 7.85. The number of fused-ring (bicyclic) bond motifs is 1. The number of hydrogen-bond donors (Lipinski definition) is 2. The molecule has 0 bridgehead atoms. The molecule has 0 saturated carbocycles. The topological polar surface area (TPSA) is 98.6 Å². The zero-order valence-corrected chi connectivity index (χ0v) is 22.7. The molecule has 39 heavy (non-hydrogen) atoms. The molecule has 4 heterocycles. The summed E-state index contributed by atoms with van der Waals surface area (Å²) in [7, 11) is 5.10. The maximum Gasteiger partial charge on any atom is 0.124 e. The zero-order valence-electron chi connectivity index (χ0n) is 22.7. The summed E-state index contributed by atoms with van der Waals surface area (Å²) in [5.74, 6) is 1.44. The molecule has 2 saturated heterocycles. The summed E-state index contributed by atoms with van der Waals surface area (Å²) < 4.78 is 18.7. The van der Waals surface area contributed by atoms with Gasteiger partial charge in [0.2, 0.25) is 0 Å². The molecule has 10 nitrogen and oxygen atoms in total. The maximum absolute atomic E-state index is 5.78. The van der Waals surface area contributed by atoms with Gasteiger partial charge < -0.3 is 29.7 Å². The molecular weight excluding hydrogens is 494 g/mol. The Morgan fingerprint density at radius 1 is 0.949 bits per heavy atom. The van der Waals surface area contributed by atoms with Crippen molar-refractivity contribution in [1.29, 1.82) is 0 Å². The highest BCUT2D eigenvalue weighted by Gasteiger charge is 2.39. The third kappa shape index (κ3) is 5.40. The standard InChI is InChI=1S/C29H35N7O3/c1-37-24-10-22(11-25(13-24)38-2)33-21-4-5-26-27(12-21)34-28(15-31-26)20-14-32-36(16-20)23-6-8-35(9-7-23)19-29(39-3)17-30-18-29/h4-5,10-16,23,30,33H,6-9,17-19H2,1-3H3. The summed E-state index contributed by atoms with van der Waals surface area (Å²) in [5.41, 5.74) is 5.18. The molecule has 0 radical (unpaired) electrons. The molecule has 6 rings (SSSR count). The molecule has 0 unspecified atom stereocenters. The molecule has 204 valence electrons. The lowest BCUT2D eigenvalue weighted by Gasteiger charge is -2.45. The first-order chi connectivity index (χ1) is 19.1. The number of anilines is 2. The van der Waals surface area contributed by atoms with Gasteiger partial charge in [-0.2, -0.15) is 5.10 Å². The van der Waals surface area contributed by atoms with E-state index in [1.54, 1.807) is 14.2 Å². The molecular formula is C29H35N7O3. The maximum atomic E-state index is 5.78. The van der Waals surface area contributed by atoms with Gasteiger partial charge in [0, 0.05) is 81.2 Å². The first-order valence-electron chi connectivity index (χ1n) is 13.4. The molecule has 10 heteroatoms. The summed E-state index contributed by atoms with van der Waals surface area (Å²) in [4.78, 5) is 12.1. The molecule has 2 aliphatic rings. The van der Waals surface area contributed by atoms with E-state index in [0.29, 0.717) is 6.04 Å². The highest BCUT2D eigenvalue weighted by atomic mass is 16.5. The van der Waals surface area contributed by atoms with E-state index >= 15 is 0 Å². The van der Waals surface area contributed by atoms with Crippen LogP contribution in [0.15, 0.2) is 55.0 Å². The van der Waals surface area contributed by atoms with Crippen molar-refractivity contribution in [3.8, 4) is 22.8 Å². The minimum absolute atomic E-state index is 0.0172. The molecule has 2 aromatic carbocycles. The number of likely N-dealkylation sites (tertiary alicyclic amines) is 1. The van der Waals surface area contributed by atoms with E-state index < -0.39 is 0 Å². The number of rotatable bonds is 9. The normalized spacial score (nSPS) is 17.6. The first kappa shape index (κ1) is 25.5. The molecule has 0 atom stereocenters. The fourth-order valence-electron chi connectivity index (χ4n) is 5.42. The predicted octanol–water partition coefficient (Wildman–Crippen LogP) is 3.88. The van der Waals surface area contributed by atoms with Crippen molar-refractivity contribution in [2.45, 2.75) is 24.5 Å². The van der Waals surface area contributed by atoms with Gasteiger partial charge in [-0.05, 0) is 31.0 Å². The van der Waals surface area contributed by atoms with Gasteiger partial charge in [0.05, 0.1) is 49.4 Å². The fraction of sp³-hybridized carbons (Fsp3) is 0.414. The lowest BCUT2D eigenvalue weighted by Crippen LogP contribution is -2.66. The molecule has 0 amide bonds. The van der Waals surface area contributed by atoms with Crippen molar-refractivity contribution in [2.24, 2.45) is 0 Å². The Bertz CT molecular complexity index is 1420. The van der Waals surface area contributed by atoms with Crippen LogP contribution in [0.25, 0.3) is 22.3 Å². The van der Waals surface area contributed by atoms with Crippen LogP contribution in [-0.4, -0.2) is 84.3 Å². The van der Waals surface area contributed by atoms with Crippen LogP contribution in [0.2, 0.25) is 0 Å². The molecule has 2 aliphatic heterocycles. The second-order valence-electron chi connectivity index (χ2n) is 10.4. The monoisotopic (exact) mass is 529 g/mol. The second-order valence-corrected chi connectivity index (χ2v) is 10.4. The van der Waals surface area contributed by atoms with Gasteiger partial charge in [0.1, 0.15) is 17.1 Å². The highest BCUT2D eigenvalue weighted by Crippen LogP contribution is 2.30. The largest absolute Gasteiger partial charge is 0.497 e. The number of aromatic nitrogens is 4. The number of hydrogen-bond acceptors (Lipinski definition) is 9. The van der Waals surface area contributed by atoms with Gasteiger partial charge >= 0.3 is 0 Å². The summed E-state index contributed by atoms with van der Waals surface area (Å²) in [6.45, 7) is 4.96. The molecule has 4 aromatic rings. The number of methoxy groups -OCH3 is 3. The Hall–Kier alpha value is -3.73. The van der Waals surface area contributed by atoms with Gasteiger partial charge in [-0.1, -0.05) is 0 Å². The number of ether oxygens (including phenoxy) is 3. The van der Waals surface area contributed by atoms with Crippen LogP contribution in [0.1, 0.15) is 18.9 Å². The van der Waals surface area contributed by atoms with E-state index in [9.17, 15) is 0 Å². The van der Waals surface area contributed by atoms with Crippen LogP contribution in [-0.2, 0) is 4.74 Å². The Balaban J connectivity index is 1.15. The van der Waals surface area contributed by atoms with Gasteiger partial charge in [-0.3, -0.25) is 9.67 Å². The summed E-state index contributed by atoms with van der Waals surface area (Å²) in [6, 6.07) is 12.0. The van der Waals surface area contributed by atoms with Crippen LogP contribution in [0.5, 0.6) is 11.5 Å². The van der Waals surface area contributed by atoms with Gasteiger partial charge in [-0.25, -0.2) is 4.98 Å². The first-order valence-corrected chi connectivity index (χ1v) is 13.4. The van der Waals surface area contributed by atoms with E-state index in [2.05, 4.69) is 31.4 Å². The van der Waals surface area contributed by atoms with Gasteiger partial charge in [0.15, 0.2) is 0 Å². The van der Waals surface area contributed by atoms with Gasteiger partial charge in [-0.15, -0.1) is 0 Å². The second kappa shape index (κ2) is 10.8. The van der Waals surface area contributed by atoms with E-state index in [1.807, 2.05) is 55.9 Å². The average molecular weight is 530 g/mol. The molecule has 0 spiro atoms. The Morgan fingerprint density at radius 3 is 2.38 bits per heavy atom. The van der Waals surface area contributed by atoms with E-state index in [-0.39, 0.29) is 5.60 Å². The van der Waals surface area contributed by atoms with Crippen LogP contribution < -0.4 is 20.1 Å². The zero-order chi connectivity index (χ0) is 26.8. The molecule has 0 aliphatic carbocycles.